The summed E-state index contributed by atoms with van der Waals surface area (Å²) in [5.74, 6) is 0.323. The van der Waals surface area contributed by atoms with Gasteiger partial charge in [0.05, 0.1) is 12.0 Å². The maximum absolute atomic E-state index is 10.8. The molecule has 3 aromatic rings. The maximum atomic E-state index is 10.8. The zero-order valence-corrected chi connectivity index (χ0v) is 14.2. The van der Waals surface area contributed by atoms with Gasteiger partial charge in [-0.15, -0.1) is 11.3 Å². The molecule has 8 nitrogen and oxygen atoms in total. The van der Waals surface area contributed by atoms with Crippen LogP contribution < -0.4 is 5.73 Å². The van der Waals surface area contributed by atoms with Crippen LogP contribution in [0, 0.1) is 0 Å². The third-order valence-electron chi connectivity index (χ3n) is 4.61. The van der Waals surface area contributed by atoms with E-state index in [9.17, 15) is 15.3 Å². The zero-order chi connectivity index (χ0) is 17.8. The van der Waals surface area contributed by atoms with Crippen molar-refractivity contribution in [2.24, 2.45) is 0 Å². The number of fused-ring (bicyclic) bond motifs is 1. The largest absolute Gasteiger partial charge is 0.394 e. The van der Waals surface area contributed by atoms with Gasteiger partial charge in [-0.05, 0) is 18.4 Å². The van der Waals surface area contributed by atoms with E-state index in [0.29, 0.717) is 16.9 Å². The second-order valence-electron chi connectivity index (χ2n) is 6.26. The summed E-state index contributed by atoms with van der Waals surface area (Å²) in [6.45, 7) is 1.07. The summed E-state index contributed by atoms with van der Waals surface area (Å²) in [6, 6.07) is 3.88. The SMILES string of the molecule is C[C@@]1(O)[C@H](O)[C@@H](CO)O[C@H]1n1cc(-c2cccs2)c2c(N)ncnc21. The Balaban J connectivity index is 1.93. The number of nitrogens with zero attached hydrogens (tertiary/aromatic N) is 3. The molecule has 1 saturated heterocycles. The van der Waals surface area contributed by atoms with Crippen molar-refractivity contribution in [1.29, 1.82) is 0 Å². The van der Waals surface area contributed by atoms with E-state index in [0.717, 1.165) is 10.4 Å². The number of aliphatic hydroxyl groups excluding tert-OH is 2. The molecule has 0 bridgehead atoms. The fourth-order valence-corrected chi connectivity index (χ4v) is 4.04. The van der Waals surface area contributed by atoms with E-state index in [-0.39, 0.29) is 0 Å². The lowest BCUT2D eigenvalue weighted by Crippen LogP contribution is -2.44. The van der Waals surface area contributed by atoms with Gasteiger partial charge in [-0.25, -0.2) is 9.97 Å². The standard InChI is InChI=1S/C16H18N4O4S/c1-16(23)12(22)9(6-21)24-15(16)20-5-8(10-3-2-4-25-10)11-13(17)18-7-19-14(11)20/h2-5,7,9,12,15,21-23H,6H2,1H3,(H2,17,18,19)/t9-,12-,15-,16-/m1/s1. The average Bonchev–Trinajstić information content (AvgIpc) is 3.27. The van der Waals surface area contributed by atoms with Gasteiger partial charge in [0.25, 0.3) is 0 Å². The molecular formula is C16H18N4O4S. The van der Waals surface area contributed by atoms with E-state index in [4.69, 9.17) is 10.5 Å². The van der Waals surface area contributed by atoms with Gasteiger partial charge in [0.1, 0.15) is 35.6 Å². The summed E-state index contributed by atoms with van der Waals surface area (Å²) in [6.07, 6.45) is 0.0830. The Bertz CT molecular complexity index is 908. The number of ether oxygens (including phenoxy) is 1. The highest BCUT2D eigenvalue weighted by Crippen LogP contribution is 2.43. The van der Waals surface area contributed by atoms with Crippen LogP contribution in [0.1, 0.15) is 13.2 Å². The molecule has 0 saturated carbocycles. The van der Waals surface area contributed by atoms with Gasteiger partial charge in [-0.1, -0.05) is 6.07 Å². The van der Waals surface area contributed by atoms with E-state index >= 15 is 0 Å². The Labute approximate surface area is 147 Å². The van der Waals surface area contributed by atoms with E-state index < -0.39 is 30.6 Å². The molecular weight excluding hydrogens is 344 g/mol. The fourth-order valence-electron chi connectivity index (χ4n) is 3.30. The molecule has 0 spiro atoms. The lowest BCUT2D eigenvalue weighted by molar-refractivity contribution is -0.0948. The molecule has 1 aliphatic heterocycles. The highest BCUT2D eigenvalue weighted by Gasteiger charge is 2.53. The molecule has 0 radical (unpaired) electrons. The van der Waals surface area contributed by atoms with Crippen molar-refractivity contribution in [2.75, 3.05) is 12.3 Å². The first-order valence-corrected chi connectivity index (χ1v) is 8.64. The average molecular weight is 362 g/mol. The molecule has 0 amide bonds. The number of thiophene rings is 1. The molecule has 0 aliphatic carbocycles. The van der Waals surface area contributed by atoms with Crippen LogP contribution in [-0.2, 0) is 4.74 Å². The smallest absolute Gasteiger partial charge is 0.167 e. The third-order valence-corrected chi connectivity index (χ3v) is 5.52. The number of nitrogens with two attached hydrogens (primary N) is 1. The minimum absolute atomic E-state index is 0.323. The molecule has 9 heteroatoms. The number of anilines is 1. The molecule has 4 atom stereocenters. The van der Waals surface area contributed by atoms with E-state index in [2.05, 4.69) is 9.97 Å². The number of aromatic nitrogens is 3. The first-order valence-electron chi connectivity index (χ1n) is 7.76. The molecule has 1 aliphatic rings. The second kappa shape index (κ2) is 5.75. The molecule has 0 aromatic carbocycles. The van der Waals surface area contributed by atoms with Gasteiger partial charge >= 0.3 is 0 Å². The van der Waals surface area contributed by atoms with Crippen LogP contribution in [-0.4, -0.2) is 54.3 Å². The second-order valence-corrected chi connectivity index (χ2v) is 7.21. The molecule has 25 heavy (non-hydrogen) atoms. The maximum Gasteiger partial charge on any atom is 0.167 e. The van der Waals surface area contributed by atoms with E-state index in [1.807, 2.05) is 17.5 Å². The minimum atomic E-state index is -1.61. The minimum Gasteiger partial charge on any atom is -0.394 e. The van der Waals surface area contributed by atoms with Crippen molar-refractivity contribution in [3.05, 3.63) is 30.0 Å². The quantitative estimate of drug-likeness (QED) is 0.541. The summed E-state index contributed by atoms with van der Waals surface area (Å²) in [5.41, 5.74) is 5.78. The van der Waals surface area contributed by atoms with Crippen molar-refractivity contribution in [3.8, 4) is 10.4 Å². The van der Waals surface area contributed by atoms with Gasteiger partial charge in [0, 0.05) is 16.6 Å². The summed E-state index contributed by atoms with van der Waals surface area (Å²) < 4.78 is 7.36. The first kappa shape index (κ1) is 16.4. The normalized spacial score (nSPS) is 29.5. The monoisotopic (exact) mass is 362 g/mol. The van der Waals surface area contributed by atoms with Crippen molar-refractivity contribution in [2.45, 2.75) is 31.0 Å². The molecule has 4 heterocycles. The molecule has 5 N–H and O–H groups in total. The van der Waals surface area contributed by atoms with Crippen molar-refractivity contribution < 1.29 is 20.1 Å². The van der Waals surface area contributed by atoms with Crippen molar-refractivity contribution in [1.82, 2.24) is 14.5 Å². The number of aliphatic hydroxyl groups is 3. The molecule has 0 unspecified atom stereocenters. The van der Waals surface area contributed by atoms with Crippen LogP contribution in [0.2, 0.25) is 0 Å². The molecule has 132 valence electrons. The Morgan fingerprint density at radius 3 is 2.88 bits per heavy atom. The summed E-state index contributed by atoms with van der Waals surface area (Å²) in [4.78, 5) is 9.34. The Morgan fingerprint density at radius 2 is 2.24 bits per heavy atom. The Morgan fingerprint density at radius 1 is 1.44 bits per heavy atom. The zero-order valence-electron chi connectivity index (χ0n) is 13.4. The number of rotatable bonds is 3. The summed E-state index contributed by atoms with van der Waals surface area (Å²) in [7, 11) is 0. The van der Waals surface area contributed by atoms with Gasteiger partial charge in [0.15, 0.2) is 6.23 Å². The topological polar surface area (TPSA) is 127 Å². The van der Waals surface area contributed by atoms with Gasteiger partial charge < -0.3 is 30.4 Å². The van der Waals surface area contributed by atoms with Crippen molar-refractivity contribution in [3.63, 3.8) is 0 Å². The Hall–Kier alpha value is -2.04. The fraction of sp³-hybridized carbons (Fsp3) is 0.375. The molecule has 4 rings (SSSR count). The summed E-state index contributed by atoms with van der Waals surface area (Å²) in [5, 5.41) is 33.0. The molecule has 3 aromatic heterocycles. The van der Waals surface area contributed by atoms with E-state index in [1.54, 1.807) is 22.1 Å². The number of hydrogen-bond donors (Lipinski definition) is 4. The van der Waals surface area contributed by atoms with Gasteiger partial charge in [0.2, 0.25) is 0 Å². The van der Waals surface area contributed by atoms with Gasteiger partial charge in [-0.2, -0.15) is 0 Å². The number of nitrogen functional groups attached to an aromatic ring is 1. The highest BCUT2D eigenvalue weighted by molar-refractivity contribution is 7.13. The predicted molar refractivity (Wildman–Crippen MR) is 92.9 cm³/mol. The highest BCUT2D eigenvalue weighted by atomic mass is 32.1. The van der Waals surface area contributed by atoms with Crippen LogP contribution in [0.4, 0.5) is 5.82 Å². The predicted octanol–water partition coefficient (Wildman–Crippen LogP) is 0.744. The van der Waals surface area contributed by atoms with Crippen LogP contribution >= 0.6 is 11.3 Å². The van der Waals surface area contributed by atoms with Crippen molar-refractivity contribution >= 4 is 28.2 Å². The lowest BCUT2D eigenvalue weighted by Gasteiger charge is -2.27. The van der Waals surface area contributed by atoms with Crippen LogP contribution in [0.3, 0.4) is 0 Å². The summed E-state index contributed by atoms with van der Waals surface area (Å²) >= 11 is 1.54. The molecule has 1 fully saturated rings. The lowest BCUT2D eigenvalue weighted by atomic mass is 9.96. The van der Waals surface area contributed by atoms with Crippen LogP contribution in [0.15, 0.2) is 30.0 Å². The van der Waals surface area contributed by atoms with Crippen LogP contribution in [0.5, 0.6) is 0 Å². The number of hydrogen-bond acceptors (Lipinski definition) is 8. The van der Waals surface area contributed by atoms with E-state index in [1.165, 1.54) is 13.3 Å². The van der Waals surface area contributed by atoms with Crippen LogP contribution in [0.25, 0.3) is 21.5 Å². The third kappa shape index (κ3) is 2.35. The van der Waals surface area contributed by atoms with Gasteiger partial charge in [-0.3, -0.25) is 0 Å². The Kier molecular flexibility index (Phi) is 3.78. The first-order chi connectivity index (χ1) is 11.9.